The van der Waals surface area contributed by atoms with Gasteiger partial charge in [-0.2, -0.15) is 0 Å². The van der Waals surface area contributed by atoms with Crippen molar-refractivity contribution in [1.82, 2.24) is 9.88 Å². The van der Waals surface area contributed by atoms with E-state index in [2.05, 4.69) is 10.1 Å². The molecule has 0 unspecified atom stereocenters. The molecule has 6 heteroatoms. The second-order valence-corrected chi connectivity index (χ2v) is 4.59. The minimum absolute atomic E-state index is 0.0779. The Bertz CT molecular complexity index is 667. The second-order valence-electron chi connectivity index (χ2n) is 4.59. The van der Waals surface area contributed by atoms with Crippen molar-refractivity contribution in [1.29, 1.82) is 0 Å². The predicted molar refractivity (Wildman–Crippen MR) is 80.1 cm³/mol. The summed E-state index contributed by atoms with van der Waals surface area (Å²) in [4.78, 5) is 17.9. The Labute approximate surface area is 129 Å². The lowest BCUT2D eigenvalue weighted by atomic mass is 10.2. The molecule has 114 valence electrons. The van der Waals surface area contributed by atoms with Gasteiger partial charge in [-0.3, -0.25) is 9.78 Å². The molecule has 0 aliphatic heterocycles. The molecule has 0 fully saturated rings. The maximum Gasteiger partial charge on any atom is 0.260 e. The zero-order valence-corrected chi connectivity index (χ0v) is 12.6. The van der Waals surface area contributed by atoms with Crippen molar-refractivity contribution in [3.8, 4) is 0 Å². The Kier molecular flexibility index (Phi) is 5.19. The fourth-order valence-electron chi connectivity index (χ4n) is 2.00. The largest absolute Gasteiger partial charge is 0.854 e. The molecule has 0 radical (unpaired) electrons. The summed E-state index contributed by atoms with van der Waals surface area (Å²) in [5.41, 5.74) is 0.945. The average Bonchev–Trinajstić information content (AvgIpc) is 2.57. The van der Waals surface area contributed by atoms with Gasteiger partial charge in [-0.25, -0.2) is 0 Å². The summed E-state index contributed by atoms with van der Waals surface area (Å²) in [5.74, 6) is -0.467. The molecular formula is C16H18N4O2. The zero-order chi connectivity index (χ0) is 15.9. The summed E-state index contributed by atoms with van der Waals surface area (Å²) in [6, 6.07) is 6.60. The second kappa shape index (κ2) is 7.31. The molecule has 0 saturated heterocycles. The van der Waals surface area contributed by atoms with Gasteiger partial charge in [-0.15, -0.1) is 0 Å². The van der Waals surface area contributed by atoms with Gasteiger partial charge in [-0.1, -0.05) is 4.68 Å². The van der Waals surface area contributed by atoms with Gasteiger partial charge >= 0.3 is 0 Å². The van der Waals surface area contributed by atoms with Crippen LogP contribution in [0.2, 0.25) is 0 Å². The van der Waals surface area contributed by atoms with Crippen LogP contribution < -0.4 is 9.78 Å². The lowest BCUT2D eigenvalue weighted by Crippen LogP contribution is -2.36. The molecule has 0 atom stereocenters. The first-order chi connectivity index (χ1) is 10.7. The normalized spacial score (nSPS) is 11.3. The van der Waals surface area contributed by atoms with Crippen molar-refractivity contribution in [2.75, 3.05) is 13.1 Å². The van der Waals surface area contributed by atoms with E-state index in [0.717, 1.165) is 0 Å². The molecular weight excluding hydrogens is 280 g/mol. The lowest BCUT2D eigenvalue weighted by Gasteiger charge is -2.17. The van der Waals surface area contributed by atoms with Crippen LogP contribution in [-0.2, 0) is 0 Å². The van der Waals surface area contributed by atoms with E-state index in [-0.39, 0.29) is 11.8 Å². The van der Waals surface area contributed by atoms with Crippen LogP contribution in [0.1, 0.15) is 29.8 Å². The van der Waals surface area contributed by atoms with E-state index in [9.17, 15) is 9.90 Å². The van der Waals surface area contributed by atoms with Crippen LogP contribution in [0.25, 0.3) is 0 Å². The van der Waals surface area contributed by atoms with Gasteiger partial charge in [0.25, 0.3) is 5.91 Å². The van der Waals surface area contributed by atoms with E-state index < -0.39 is 0 Å². The number of pyridine rings is 2. The summed E-state index contributed by atoms with van der Waals surface area (Å²) in [6.07, 6.45) is 6.25. The summed E-state index contributed by atoms with van der Waals surface area (Å²) in [6.45, 7) is 5.13. The SMILES string of the molecule is CCN(CC)C(=O)c1ccc[n+](/N=C(\[O-])c2ccncc2)c1. The van der Waals surface area contributed by atoms with Crippen LogP contribution in [0.3, 0.4) is 0 Å². The highest BCUT2D eigenvalue weighted by molar-refractivity contribution is 5.93. The van der Waals surface area contributed by atoms with Crippen molar-refractivity contribution in [2.45, 2.75) is 13.8 Å². The molecule has 0 N–H and O–H groups in total. The Morgan fingerprint density at radius 2 is 1.91 bits per heavy atom. The number of carbonyl (C=O) groups excluding carboxylic acids is 1. The van der Waals surface area contributed by atoms with Crippen LogP contribution in [0.4, 0.5) is 0 Å². The third-order valence-corrected chi connectivity index (χ3v) is 3.22. The zero-order valence-electron chi connectivity index (χ0n) is 12.6. The Hall–Kier alpha value is -2.76. The van der Waals surface area contributed by atoms with Crippen molar-refractivity contribution in [2.24, 2.45) is 5.10 Å². The number of aromatic nitrogens is 2. The van der Waals surface area contributed by atoms with Gasteiger partial charge in [0.05, 0.1) is 5.90 Å². The Morgan fingerprint density at radius 3 is 2.55 bits per heavy atom. The van der Waals surface area contributed by atoms with Gasteiger partial charge in [-0.05, 0) is 42.7 Å². The van der Waals surface area contributed by atoms with Crippen LogP contribution >= 0.6 is 0 Å². The highest BCUT2D eigenvalue weighted by Crippen LogP contribution is 2.02. The molecule has 0 aliphatic carbocycles. The maximum atomic E-state index is 12.3. The van der Waals surface area contributed by atoms with Crippen LogP contribution in [0.15, 0.2) is 54.2 Å². The number of hydrogen-bond donors (Lipinski definition) is 0. The minimum atomic E-state index is -0.389. The first kappa shape index (κ1) is 15.6. The quantitative estimate of drug-likeness (QED) is 0.456. The Balaban J connectivity index is 2.27. The van der Waals surface area contributed by atoms with Crippen molar-refractivity contribution >= 4 is 11.8 Å². The van der Waals surface area contributed by atoms with E-state index in [4.69, 9.17) is 0 Å². The van der Waals surface area contributed by atoms with Crippen molar-refractivity contribution in [3.05, 3.63) is 60.2 Å². The van der Waals surface area contributed by atoms with Gasteiger partial charge in [0.2, 0.25) is 12.4 Å². The first-order valence-electron chi connectivity index (χ1n) is 7.12. The molecule has 6 nitrogen and oxygen atoms in total. The number of hydrogen-bond acceptors (Lipinski definition) is 4. The molecule has 2 heterocycles. The van der Waals surface area contributed by atoms with Crippen LogP contribution in [0.5, 0.6) is 0 Å². The molecule has 2 aromatic heterocycles. The molecule has 1 amide bonds. The van der Waals surface area contributed by atoms with Gasteiger partial charge in [0.1, 0.15) is 5.56 Å². The summed E-state index contributed by atoms with van der Waals surface area (Å²) in [5, 5.41) is 16.0. The van der Waals surface area contributed by atoms with E-state index in [1.54, 1.807) is 41.6 Å². The third-order valence-electron chi connectivity index (χ3n) is 3.22. The number of rotatable bonds is 5. The van der Waals surface area contributed by atoms with E-state index >= 15 is 0 Å². The molecule has 0 aliphatic rings. The number of carbonyl (C=O) groups is 1. The summed E-state index contributed by atoms with van der Waals surface area (Å²) >= 11 is 0. The van der Waals surface area contributed by atoms with Crippen molar-refractivity contribution in [3.63, 3.8) is 0 Å². The van der Waals surface area contributed by atoms with E-state index in [1.807, 2.05) is 13.8 Å². The van der Waals surface area contributed by atoms with Gasteiger partial charge in [0, 0.05) is 31.5 Å². The molecule has 22 heavy (non-hydrogen) atoms. The van der Waals surface area contributed by atoms with E-state index in [0.29, 0.717) is 24.2 Å². The standard InChI is InChI=1S/C16H18N4O2/c1-3-19(4-2)16(22)14-6-5-11-20(12-14)18-15(21)13-7-9-17-10-8-13/h5-12H,3-4H2,1-2H3. The van der Waals surface area contributed by atoms with Gasteiger partial charge < -0.3 is 10.0 Å². The molecule has 2 aromatic rings. The fraction of sp³-hybridized carbons (Fsp3) is 0.250. The predicted octanol–water partition coefficient (Wildman–Crippen LogP) is 0.421. The molecule has 2 rings (SSSR count). The molecule has 0 saturated carbocycles. The minimum Gasteiger partial charge on any atom is -0.854 e. The monoisotopic (exact) mass is 298 g/mol. The van der Waals surface area contributed by atoms with E-state index in [1.165, 1.54) is 17.1 Å². The van der Waals surface area contributed by atoms with Crippen LogP contribution in [0, 0.1) is 0 Å². The number of nitrogens with zero attached hydrogens (tertiary/aromatic N) is 4. The molecule has 0 spiro atoms. The fourth-order valence-corrected chi connectivity index (χ4v) is 2.00. The maximum absolute atomic E-state index is 12.3. The molecule has 0 bridgehead atoms. The highest BCUT2D eigenvalue weighted by atomic mass is 16.3. The van der Waals surface area contributed by atoms with Crippen molar-refractivity contribution < 1.29 is 14.6 Å². The summed E-state index contributed by atoms with van der Waals surface area (Å²) < 4.78 is 1.36. The highest BCUT2D eigenvalue weighted by Gasteiger charge is 2.15. The average molecular weight is 298 g/mol. The Morgan fingerprint density at radius 1 is 1.23 bits per heavy atom. The van der Waals surface area contributed by atoms with Crippen LogP contribution in [-0.4, -0.2) is 34.8 Å². The third kappa shape index (κ3) is 3.66. The van der Waals surface area contributed by atoms with Gasteiger partial charge in [0.15, 0.2) is 0 Å². The molecule has 0 aromatic carbocycles. The lowest BCUT2D eigenvalue weighted by molar-refractivity contribution is -0.681. The number of amides is 1. The first-order valence-corrected chi connectivity index (χ1v) is 7.12. The smallest absolute Gasteiger partial charge is 0.260 e. The topological polar surface area (TPSA) is 72.5 Å². The summed E-state index contributed by atoms with van der Waals surface area (Å²) in [7, 11) is 0.